The third-order valence-corrected chi connectivity index (χ3v) is 7.24. The van der Waals surface area contributed by atoms with Crippen LogP contribution < -0.4 is 20.9 Å². The van der Waals surface area contributed by atoms with E-state index >= 15 is 0 Å². The number of benzene rings is 1. The molecular formula is C26H31IN8O3. The van der Waals surface area contributed by atoms with Crippen molar-refractivity contribution in [3.63, 3.8) is 0 Å². The number of nitrogens with zero attached hydrogens (tertiary/aromatic N) is 6. The molecule has 2 aliphatic heterocycles. The van der Waals surface area contributed by atoms with E-state index in [0.717, 1.165) is 69.4 Å². The first-order valence-corrected chi connectivity index (χ1v) is 13.5. The molecular weight excluding hydrogens is 599 g/mol. The number of hydrogen-bond acceptors (Lipinski definition) is 10. The van der Waals surface area contributed by atoms with Gasteiger partial charge in [-0.25, -0.2) is 9.97 Å². The van der Waals surface area contributed by atoms with Crippen LogP contribution in [0.5, 0.6) is 0 Å². The average molecular weight is 630 g/mol. The van der Waals surface area contributed by atoms with Crippen LogP contribution in [0.3, 0.4) is 0 Å². The number of nitrogens with one attached hydrogen (secondary N) is 1. The van der Waals surface area contributed by atoms with E-state index < -0.39 is 5.91 Å². The molecule has 12 heteroatoms. The highest BCUT2D eigenvalue weighted by molar-refractivity contribution is 14.1. The number of anilines is 4. The first-order chi connectivity index (χ1) is 18.6. The number of ether oxygens (including phenoxy) is 1. The largest absolute Gasteiger partial charge is 0.382 e. The summed E-state index contributed by atoms with van der Waals surface area (Å²) in [6.07, 6.45) is 4.93. The number of hydrogen-bond donors (Lipinski definition) is 2. The minimum atomic E-state index is -0.429. The SMILES string of the molecule is Nc1ncc(-c2ccc(N3CCN(CCOI)CC3)cc2)nc1C(=O)Nc1cnccc1N1CCOCC1. The number of morpholine rings is 1. The van der Waals surface area contributed by atoms with Gasteiger partial charge >= 0.3 is 0 Å². The third-order valence-electron chi connectivity index (χ3n) is 6.80. The highest BCUT2D eigenvalue weighted by Crippen LogP contribution is 2.27. The molecule has 0 bridgehead atoms. The molecule has 3 N–H and O–H groups in total. The van der Waals surface area contributed by atoms with Crippen molar-refractivity contribution in [2.45, 2.75) is 0 Å². The van der Waals surface area contributed by atoms with E-state index in [1.165, 1.54) is 0 Å². The summed E-state index contributed by atoms with van der Waals surface area (Å²) >= 11 is 1.94. The van der Waals surface area contributed by atoms with Crippen LogP contribution in [0.4, 0.5) is 22.9 Å². The quantitative estimate of drug-likeness (QED) is 0.360. The minimum absolute atomic E-state index is 0.0746. The summed E-state index contributed by atoms with van der Waals surface area (Å²) in [5.74, 6) is -0.354. The number of rotatable bonds is 8. The van der Waals surface area contributed by atoms with Gasteiger partial charge in [-0.1, -0.05) is 12.1 Å². The Labute approximate surface area is 236 Å². The maximum atomic E-state index is 13.2. The first-order valence-electron chi connectivity index (χ1n) is 12.6. The van der Waals surface area contributed by atoms with Gasteiger partial charge in [-0.3, -0.25) is 14.7 Å². The van der Waals surface area contributed by atoms with Gasteiger partial charge in [0, 0.05) is 63.3 Å². The number of nitrogens with two attached hydrogens (primary N) is 1. The molecule has 0 unspecified atom stereocenters. The van der Waals surface area contributed by atoms with E-state index in [0.29, 0.717) is 24.6 Å². The van der Waals surface area contributed by atoms with Crippen molar-refractivity contribution < 1.29 is 12.6 Å². The molecule has 0 atom stereocenters. The highest BCUT2D eigenvalue weighted by atomic mass is 127. The molecule has 1 amide bonds. The molecule has 2 aliphatic rings. The Balaban J connectivity index is 1.28. The van der Waals surface area contributed by atoms with Crippen molar-refractivity contribution in [3.05, 3.63) is 54.6 Å². The second-order valence-corrected chi connectivity index (χ2v) is 9.75. The fourth-order valence-corrected chi connectivity index (χ4v) is 4.88. The van der Waals surface area contributed by atoms with Gasteiger partial charge in [0.25, 0.3) is 5.91 Å². The van der Waals surface area contributed by atoms with Crippen LogP contribution in [0, 0.1) is 0 Å². The van der Waals surface area contributed by atoms with Crippen molar-refractivity contribution in [3.8, 4) is 11.3 Å². The van der Waals surface area contributed by atoms with Crippen LogP contribution >= 0.6 is 23.0 Å². The van der Waals surface area contributed by atoms with Crippen molar-refractivity contribution in [1.82, 2.24) is 19.9 Å². The summed E-state index contributed by atoms with van der Waals surface area (Å²) in [7, 11) is 0. The lowest BCUT2D eigenvalue weighted by Crippen LogP contribution is -2.47. The van der Waals surface area contributed by atoms with Crippen LogP contribution in [-0.2, 0) is 7.80 Å². The molecule has 200 valence electrons. The van der Waals surface area contributed by atoms with Crippen molar-refractivity contribution in [1.29, 1.82) is 0 Å². The lowest BCUT2D eigenvalue weighted by molar-refractivity contribution is 0.102. The fraction of sp³-hybridized carbons (Fsp3) is 0.385. The Kier molecular flexibility index (Phi) is 8.83. The standard InChI is InChI=1S/C26H31IN8O3/c27-38-16-11-33-7-9-34(10-8-33)20-3-1-19(2-4-20)21-18-30-25(28)24(31-21)26(36)32-22-17-29-6-5-23(22)35-12-14-37-15-13-35/h1-6,17-18H,7-16H2,(H2,28,30)(H,32,36). The maximum absolute atomic E-state index is 13.2. The number of aromatic nitrogens is 3. The zero-order valence-electron chi connectivity index (χ0n) is 21.1. The van der Waals surface area contributed by atoms with E-state index in [-0.39, 0.29) is 11.5 Å². The van der Waals surface area contributed by atoms with Crippen LogP contribution in [0.25, 0.3) is 11.3 Å². The number of piperazine rings is 1. The smallest absolute Gasteiger partial charge is 0.278 e. The second kappa shape index (κ2) is 12.7. The molecule has 2 aromatic heterocycles. The topological polar surface area (TPSA) is 122 Å². The van der Waals surface area contributed by atoms with E-state index in [2.05, 4.69) is 47.1 Å². The molecule has 0 aliphatic carbocycles. The summed E-state index contributed by atoms with van der Waals surface area (Å²) in [6.45, 7) is 8.40. The van der Waals surface area contributed by atoms with Crippen LogP contribution in [0.15, 0.2) is 48.9 Å². The van der Waals surface area contributed by atoms with Gasteiger partial charge in [0.05, 0.1) is 49.3 Å². The van der Waals surface area contributed by atoms with Crippen LogP contribution in [0.2, 0.25) is 0 Å². The van der Waals surface area contributed by atoms with Gasteiger partial charge in [0.15, 0.2) is 11.5 Å². The molecule has 1 aromatic carbocycles. The zero-order valence-corrected chi connectivity index (χ0v) is 23.2. The van der Waals surface area contributed by atoms with Crippen LogP contribution in [0.1, 0.15) is 10.5 Å². The average Bonchev–Trinajstić information content (AvgIpc) is 2.97. The number of amides is 1. The molecule has 11 nitrogen and oxygen atoms in total. The predicted molar refractivity (Wildman–Crippen MR) is 156 cm³/mol. The van der Waals surface area contributed by atoms with E-state index in [1.807, 2.05) is 41.2 Å². The zero-order chi connectivity index (χ0) is 26.3. The molecule has 2 fully saturated rings. The summed E-state index contributed by atoms with van der Waals surface area (Å²) in [4.78, 5) is 33.2. The summed E-state index contributed by atoms with van der Waals surface area (Å²) in [6, 6.07) is 10.1. The number of carbonyl (C=O) groups is 1. The van der Waals surface area contributed by atoms with E-state index in [1.54, 1.807) is 18.6 Å². The van der Waals surface area contributed by atoms with Gasteiger partial charge in [-0.05, 0) is 18.2 Å². The normalized spacial score (nSPS) is 16.4. The lowest BCUT2D eigenvalue weighted by atomic mass is 10.1. The molecule has 38 heavy (non-hydrogen) atoms. The molecule has 5 rings (SSSR count). The summed E-state index contributed by atoms with van der Waals surface area (Å²) < 4.78 is 10.6. The Morgan fingerprint density at radius 1 is 1.03 bits per heavy atom. The van der Waals surface area contributed by atoms with E-state index in [4.69, 9.17) is 13.5 Å². The van der Waals surface area contributed by atoms with Crippen molar-refractivity contribution >= 4 is 51.8 Å². The molecule has 0 spiro atoms. The van der Waals surface area contributed by atoms with Crippen LogP contribution in [-0.4, -0.2) is 91.4 Å². The highest BCUT2D eigenvalue weighted by Gasteiger charge is 2.20. The maximum Gasteiger partial charge on any atom is 0.278 e. The number of halogens is 1. The number of carbonyl (C=O) groups excluding carboxylic acids is 1. The van der Waals surface area contributed by atoms with Gasteiger partial charge in [0.1, 0.15) is 23.0 Å². The van der Waals surface area contributed by atoms with Gasteiger partial charge in [-0.15, -0.1) is 0 Å². The Morgan fingerprint density at radius 3 is 2.53 bits per heavy atom. The molecule has 0 saturated carbocycles. The number of nitrogen functional groups attached to an aromatic ring is 1. The molecule has 0 radical (unpaired) electrons. The van der Waals surface area contributed by atoms with Gasteiger partial charge in [0.2, 0.25) is 0 Å². The Bertz CT molecular complexity index is 1230. The first kappa shape index (κ1) is 26.5. The molecule has 2 saturated heterocycles. The lowest BCUT2D eigenvalue weighted by Gasteiger charge is -2.36. The van der Waals surface area contributed by atoms with Gasteiger partial charge in [-0.2, -0.15) is 0 Å². The third kappa shape index (κ3) is 6.31. The minimum Gasteiger partial charge on any atom is -0.382 e. The summed E-state index contributed by atoms with van der Waals surface area (Å²) in [5, 5.41) is 2.93. The van der Waals surface area contributed by atoms with Gasteiger partial charge < -0.3 is 28.7 Å². The second-order valence-electron chi connectivity index (χ2n) is 9.12. The Hall–Kier alpha value is -3.07. The van der Waals surface area contributed by atoms with Crippen molar-refractivity contribution in [2.24, 2.45) is 0 Å². The Morgan fingerprint density at radius 2 is 1.79 bits per heavy atom. The number of pyridine rings is 1. The molecule has 3 aromatic rings. The fourth-order valence-electron chi connectivity index (χ4n) is 4.69. The summed E-state index contributed by atoms with van der Waals surface area (Å²) in [5.41, 5.74) is 10.2. The predicted octanol–water partition coefficient (Wildman–Crippen LogP) is 2.70. The van der Waals surface area contributed by atoms with Crippen molar-refractivity contribution in [2.75, 3.05) is 86.5 Å². The monoisotopic (exact) mass is 630 g/mol. The van der Waals surface area contributed by atoms with E-state index in [9.17, 15) is 4.79 Å². The molecule has 4 heterocycles.